The summed E-state index contributed by atoms with van der Waals surface area (Å²) in [4.78, 5) is 13.3. The lowest BCUT2D eigenvalue weighted by Gasteiger charge is -2.46. The maximum Gasteiger partial charge on any atom is 0.410 e. The van der Waals surface area contributed by atoms with E-state index in [9.17, 15) is 15.0 Å². The summed E-state index contributed by atoms with van der Waals surface area (Å²) in [6.45, 7) is 5.97. The highest BCUT2D eigenvalue weighted by molar-refractivity contribution is 5.69. The van der Waals surface area contributed by atoms with Gasteiger partial charge in [-0.1, -0.05) is 12.1 Å². The molecule has 2 N–H and O–H groups in total. The zero-order valence-corrected chi connectivity index (χ0v) is 12.1. The average Bonchev–Trinajstić information content (AvgIpc) is 2.26. The Kier molecular flexibility index (Phi) is 3.65. The molecule has 1 aromatic rings. The number of phenols is 1. The molecule has 1 aromatic carbocycles. The molecule has 0 aromatic heterocycles. The highest BCUT2D eigenvalue weighted by atomic mass is 16.6. The van der Waals surface area contributed by atoms with Crippen molar-refractivity contribution in [1.29, 1.82) is 0 Å². The number of carbonyl (C=O) groups excluding carboxylic acids is 1. The lowest BCUT2D eigenvalue weighted by molar-refractivity contribution is -0.0973. The molecule has 1 saturated heterocycles. The predicted octanol–water partition coefficient (Wildman–Crippen LogP) is 1.92. The lowest BCUT2D eigenvalue weighted by Crippen LogP contribution is -2.65. The van der Waals surface area contributed by atoms with Gasteiger partial charge in [-0.3, -0.25) is 0 Å². The van der Waals surface area contributed by atoms with Crippen molar-refractivity contribution in [2.24, 2.45) is 0 Å². The second-order valence-corrected chi connectivity index (χ2v) is 6.40. The van der Waals surface area contributed by atoms with E-state index in [2.05, 4.69) is 0 Å². The van der Waals surface area contributed by atoms with Crippen LogP contribution >= 0.6 is 0 Å². The van der Waals surface area contributed by atoms with Crippen molar-refractivity contribution in [2.75, 3.05) is 13.1 Å². The Balaban J connectivity index is 1.87. The minimum absolute atomic E-state index is 0.199. The van der Waals surface area contributed by atoms with Crippen molar-refractivity contribution < 1.29 is 19.7 Å². The van der Waals surface area contributed by atoms with Gasteiger partial charge in [0.1, 0.15) is 17.0 Å². The summed E-state index contributed by atoms with van der Waals surface area (Å²) in [6.07, 6.45) is 0.0555. The Labute approximate surface area is 118 Å². The lowest BCUT2D eigenvalue weighted by atomic mass is 9.87. The fourth-order valence-electron chi connectivity index (χ4n) is 2.23. The van der Waals surface area contributed by atoms with E-state index >= 15 is 0 Å². The number of hydrogen-bond acceptors (Lipinski definition) is 4. The number of hydrogen-bond donors (Lipinski definition) is 2. The molecule has 0 aliphatic carbocycles. The van der Waals surface area contributed by atoms with Gasteiger partial charge in [0.15, 0.2) is 0 Å². The number of likely N-dealkylation sites (tertiary alicyclic amines) is 1. The Morgan fingerprint density at radius 3 is 2.35 bits per heavy atom. The van der Waals surface area contributed by atoms with Crippen LogP contribution in [0, 0.1) is 0 Å². The van der Waals surface area contributed by atoms with E-state index < -0.39 is 17.3 Å². The van der Waals surface area contributed by atoms with Crippen LogP contribution in [0.3, 0.4) is 0 Å². The molecule has 1 aliphatic rings. The van der Waals surface area contributed by atoms with Gasteiger partial charge in [0, 0.05) is 6.42 Å². The molecular weight excluding hydrogens is 258 g/mol. The van der Waals surface area contributed by atoms with Gasteiger partial charge in [-0.2, -0.15) is 0 Å². The minimum Gasteiger partial charge on any atom is -0.508 e. The standard InChI is InChI=1S/C15H21NO4/c1-14(2,3)20-13(18)16-9-15(19,10-16)8-11-4-6-12(17)7-5-11/h4-7,17,19H,8-10H2,1-3H3. The maximum absolute atomic E-state index is 11.8. The van der Waals surface area contributed by atoms with Crippen LogP contribution < -0.4 is 0 Å². The SMILES string of the molecule is CC(C)(C)OC(=O)N1CC(O)(Cc2ccc(O)cc2)C1. The summed E-state index contributed by atoms with van der Waals surface area (Å²) in [5.74, 6) is 0.199. The third kappa shape index (κ3) is 3.63. The van der Waals surface area contributed by atoms with Crippen molar-refractivity contribution in [3.05, 3.63) is 29.8 Å². The second kappa shape index (κ2) is 4.98. The van der Waals surface area contributed by atoms with Crippen LogP contribution in [0.15, 0.2) is 24.3 Å². The van der Waals surface area contributed by atoms with E-state index in [1.807, 2.05) is 20.8 Å². The van der Waals surface area contributed by atoms with Crippen molar-refractivity contribution in [3.63, 3.8) is 0 Å². The van der Waals surface area contributed by atoms with Gasteiger partial charge in [-0.05, 0) is 38.5 Å². The van der Waals surface area contributed by atoms with Gasteiger partial charge in [0.05, 0.1) is 13.1 Å². The first-order valence-electron chi connectivity index (χ1n) is 6.65. The molecule has 5 nitrogen and oxygen atoms in total. The fourth-order valence-corrected chi connectivity index (χ4v) is 2.23. The van der Waals surface area contributed by atoms with Crippen LogP contribution in [0.1, 0.15) is 26.3 Å². The van der Waals surface area contributed by atoms with Crippen molar-refractivity contribution in [2.45, 2.75) is 38.4 Å². The van der Waals surface area contributed by atoms with Gasteiger partial charge in [-0.15, -0.1) is 0 Å². The van der Waals surface area contributed by atoms with E-state index in [0.717, 1.165) is 5.56 Å². The third-order valence-electron chi connectivity index (χ3n) is 3.09. The first kappa shape index (κ1) is 14.7. The van der Waals surface area contributed by atoms with Gasteiger partial charge >= 0.3 is 6.09 Å². The van der Waals surface area contributed by atoms with Gasteiger partial charge in [0.2, 0.25) is 0 Å². The van der Waals surface area contributed by atoms with Gasteiger partial charge < -0.3 is 19.8 Å². The fraction of sp³-hybridized carbons (Fsp3) is 0.533. The van der Waals surface area contributed by atoms with Crippen LogP contribution in [0.5, 0.6) is 5.75 Å². The van der Waals surface area contributed by atoms with E-state index in [0.29, 0.717) is 6.42 Å². The number of nitrogens with zero attached hydrogens (tertiary/aromatic N) is 1. The zero-order chi connectivity index (χ0) is 15.0. The molecule has 5 heteroatoms. The molecule has 110 valence electrons. The Morgan fingerprint density at radius 2 is 1.85 bits per heavy atom. The van der Waals surface area contributed by atoms with Crippen LogP contribution in [-0.2, 0) is 11.2 Å². The highest BCUT2D eigenvalue weighted by Crippen LogP contribution is 2.27. The minimum atomic E-state index is -0.909. The summed E-state index contributed by atoms with van der Waals surface area (Å²) >= 11 is 0. The van der Waals surface area contributed by atoms with Gasteiger partial charge in [0.25, 0.3) is 0 Å². The first-order valence-corrected chi connectivity index (χ1v) is 6.65. The molecule has 1 heterocycles. The summed E-state index contributed by atoms with van der Waals surface area (Å²) in [6, 6.07) is 6.71. The molecule has 1 aliphatic heterocycles. The molecule has 1 amide bonds. The number of benzene rings is 1. The van der Waals surface area contributed by atoms with Crippen molar-refractivity contribution >= 4 is 6.09 Å². The molecule has 0 radical (unpaired) electrons. The quantitative estimate of drug-likeness (QED) is 0.867. The highest BCUT2D eigenvalue weighted by Gasteiger charge is 2.45. The van der Waals surface area contributed by atoms with E-state index in [-0.39, 0.29) is 18.8 Å². The second-order valence-electron chi connectivity index (χ2n) is 6.40. The molecule has 0 atom stereocenters. The number of aromatic hydroxyl groups is 1. The number of rotatable bonds is 2. The van der Waals surface area contributed by atoms with E-state index in [4.69, 9.17) is 4.74 Å². The monoisotopic (exact) mass is 279 g/mol. The van der Waals surface area contributed by atoms with Crippen LogP contribution in [-0.4, -0.2) is 45.5 Å². The molecule has 0 saturated carbocycles. The van der Waals surface area contributed by atoms with Crippen LogP contribution in [0.4, 0.5) is 4.79 Å². The predicted molar refractivity (Wildman–Crippen MR) is 74.6 cm³/mol. The molecule has 0 unspecified atom stereocenters. The topological polar surface area (TPSA) is 70.0 Å². The Bertz CT molecular complexity index is 484. The average molecular weight is 279 g/mol. The third-order valence-corrected chi connectivity index (χ3v) is 3.09. The molecule has 20 heavy (non-hydrogen) atoms. The van der Waals surface area contributed by atoms with Crippen LogP contribution in [0.2, 0.25) is 0 Å². The van der Waals surface area contributed by atoms with E-state index in [1.165, 1.54) is 4.90 Å². The summed E-state index contributed by atoms with van der Waals surface area (Å²) in [5, 5.41) is 19.6. The summed E-state index contributed by atoms with van der Waals surface area (Å²) < 4.78 is 5.24. The number of amides is 1. The number of phenolic OH excluding ortho intramolecular Hbond substituents is 1. The number of carbonyl (C=O) groups is 1. The molecule has 2 rings (SSSR count). The summed E-state index contributed by atoms with van der Waals surface area (Å²) in [7, 11) is 0. The Hall–Kier alpha value is -1.75. The van der Waals surface area contributed by atoms with Crippen LogP contribution in [0.25, 0.3) is 0 Å². The molecular formula is C15H21NO4. The number of ether oxygens (including phenoxy) is 1. The largest absolute Gasteiger partial charge is 0.508 e. The van der Waals surface area contributed by atoms with Gasteiger partial charge in [-0.25, -0.2) is 4.79 Å². The molecule has 1 fully saturated rings. The van der Waals surface area contributed by atoms with E-state index in [1.54, 1.807) is 24.3 Å². The molecule has 0 bridgehead atoms. The van der Waals surface area contributed by atoms with Crippen molar-refractivity contribution in [3.8, 4) is 5.75 Å². The Morgan fingerprint density at radius 1 is 1.30 bits per heavy atom. The first-order chi connectivity index (χ1) is 9.17. The molecule has 0 spiro atoms. The number of β-amino-alcohol motifs (C(OH)–C–C–N with tert-alkyl or cyclic N) is 1. The normalized spacial score (nSPS) is 17.5. The zero-order valence-electron chi connectivity index (χ0n) is 12.1. The van der Waals surface area contributed by atoms with Crippen molar-refractivity contribution in [1.82, 2.24) is 4.90 Å². The smallest absolute Gasteiger partial charge is 0.410 e. The summed E-state index contributed by atoms with van der Waals surface area (Å²) in [5.41, 5.74) is -0.510. The maximum atomic E-state index is 11.8. The number of aliphatic hydroxyl groups is 1.